The van der Waals surface area contributed by atoms with Gasteiger partial charge in [0.1, 0.15) is 11.0 Å². The van der Waals surface area contributed by atoms with Gasteiger partial charge in [-0.2, -0.15) is 0 Å². The molecule has 1 aliphatic rings. The van der Waals surface area contributed by atoms with E-state index >= 15 is 0 Å². The van der Waals surface area contributed by atoms with Crippen molar-refractivity contribution in [3.63, 3.8) is 0 Å². The molecule has 2 aromatic rings. The number of hydrogen-bond acceptors (Lipinski definition) is 5. The summed E-state index contributed by atoms with van der Waals surface area (Å²) in [5.74, 6) is -0.928. The molecule has 0 saturated carbocycles. The summed E-state index contributed by atoms with van der Waals surface area (Å²) in [7, 11) is -3.73. The van der Waals surface area contributed by atoms with Crippen LogP contribution < -0.4 is 10.1 Å². The molecule has 2 unspecified atom stereocenters. The Morgan fingerprint density at radius 2 is 1.71 bits per heavy atom. The lowest BCUT2D eigenvalue weighted by molar-refractivity contribution is -0.152. The molecule has 38 heavy (non-hydrogen) atoms. The molecule has 1 amide bonds. The lowest BCUT2D eigenvalue weighted by atomic mass is 9.97. The second kappa shape index (κ2) is 12.7. The highest BCUT2D eigenvalue weighted by Crippen LogP contribution is 2.28. The SMILES string of the molecule is CCCCC(NC(=O)Cc1ccc(OC(C)(C)C(=O)O)cc1)C1=CC=CC=CC1S(=O)(=O)c1ccccc1. The zero-order valence-corrected chi connectivity index (χ0v) is 22.8. The van der Waals surface area contributed by atoms with Gasteiger partial charge in [-0.05, 0) is 55.7 Å². The topological polar surface area (TPSA) is 110 Å². The van der Waals surface area contributed by atoms with Crippen LogP contribution in [0.25, 0.3) is 0 Å². The Balaban J connectivity index is 1.79. The number of ether oxygens (including phenoxy) is 1. The Morgan fingerprint density at radius 3 is 2.34 bits per heavy atom. The first-order chi connectivity index (χ1) is 18.0. The molecule has 0 aromatic heterocycles. The van der Waals surface area contributed by atoms with Crippen molar-refractivity contribution in [2.75, 3.05) is 0 Å². The van der Waals surface area contributed by atoms with Crippen LogP contribution in [0.1, 0.15) is 45.6 Å². The van der Waals surface area contributed by atoms with Crippen LogP contribution in [0, 0.1) is 0 Å². The van der Waals surface area contributed by atoms with E-state index in [1.165, 1.54) is 13.8 Å². The van der Waals surface area contributed by atoms with Gasteiger partial charge in [0.2, 0.25) is 5.91 Å². The van der Waals surface area contributed by atoms with Crippen LogP contribution >= 0.6 is 0 Å². The van der Waals surface area contributed by atoms with Crippen LogP contribution in [-0.4, -0.2) is 42.3 Å². The lowest BCUT2D eigenvalue weighted by Gasteiger charge is -2.27. The van der Waals surface area contributed by atoms with Gasteiger partial charge in [-0.25, -0.2) is 13.2 Å². The van der Waals surface area contributed by atoms with E-state index in [2.05, 4.69) is 5.32 Å². The minimum Gasteiger partial charge on any atom is -0.478 e. The van der Waals surface area contributed by atoms with E-state index in [9.17, 15) is 23.1 Å². The van der Waals surface area contributed by atoms with Gasteiger partial charge in [0.05, 0.1) is 17.4 Å². The van der Waals surface area contributed by atoms with Gasteiger partial charge in [-0.1, -0.05) is 80.5 Å². The van der Waals surface area contributed by atoms with Crippen molar-refractivity contribution < 1.29 is 27.9 Å². The summed E-state index contributed by atoms with van der Waals surface area (Å²) in [5.41, 5.74) is -0.0298. The van der Waals surface area contributed by atoms with Crippen molar-refractivity contribution in [3.05, 3.63) is 96.1 Å². The molecule has 0 fully saturated rings. The molecule has 0 radical (unpaired) electrons. The Hall–Kier alpha value is -3.65. The molecule has 0 aliphatic heterocycles. The third-order valence-electron chi connectivity index (χ3n) is 6.29. The third-order valence-corrected chi connectivity index (χ3v) is 8.32. The van der Waals surface area contributed by atoms with Gasteiger partial charge in [-0.3, -0.25) is 4.79 Å². The summed E-state index contributed by atoms with van der Waals surface area (Å²) in [6.07, 6.45) is 11.2. The number of carboxylic acids is 1. The average Bonchev–Trinajstić information content (AvgIpc) is 3.15. The molecule has 0 spiro atoms. The molecular formula is C30H35NO6S. The number of carbonyl (C=O) groups excluding carboxylic acids is 1. The minimum atomic E-state index is -3.73. The van der Waals surface area contributed by atoms with Crippen molar-refractivity contribution in [1.29, 1.82) is 0 Å². The Labute approximate surface area is 224 Å². The van der Waals surface area contributed by atoms with E-state index in [1.54, 1.807) is 85.0 Å². The quantitative estimate of drug-likeness (QED) is 0.393. The predicted octanol–water partition coefficient (Wildman–Crippen LogP) is 5.04. The number of nitrogens with one attached hydrogen (secondary N) is 1. The highest BCUT2D eigenvalue weighted by Gasteiger charge is 2.33. The average molecular weight is 538 g/mol. The molecule has 2 atom stereocenters. The highest BCUT2D eigenvalue weighted by molar-refractivity contribution is 7.92. The van der Waals surface area contributed by atoms with Gasteiger partial charge >= 0.3 is 5.97 Å². The monoisotopic (exact) mass is 537 g/mol. The largest absolute Gasteiger partial charge is 0.478 e. The molecule has 8 heteroatoms. The maximum Gasteiger partial charge on any atom is 0.347 e. The molecule has 2 aromatic carbocycles. The van der Waals surface area contributed by atoms with Crippen LogP contribution in [0.2, 0.25) is 0 Å². The fourth-order valence-corrected chi connectivity index (χ4v) is 5.86. The van der Waals surface area contributed by atoms with Gasteiger partial charge in [-0.15, -0.1) is 0 Å². The number of aliphatic carboxylic acids is 1. The number of amides is 1. The summed E-state index contributed by atoms with van der Waals surface area (Å²) in [4.78, 5) is 24.6. The molecule has 0 bridgehead atoms. The molecule has 7 nitrogen and oxygen atoms in total. The number of carbonyl (C=O) groups is 2. The fourth-order valence-electron chi connectivity index (χ4n) is 4.13. The van der Waals surface area contributed by atoms with Gasteiger partial charge in [0.15, 0.2) is 15.4 Å². The maximum atomic E-state index is 13.6. The second-order valence-electron chi connectivity index (χ2n) is 9.72. The van der Waals surface area contributed by atoms with Gasteiger partial charge < -0.3 is 15.2 Å². The van der Waals surface area contributed by atoms with Crippen molar-refractivity contribution in [1.82, 2.24) is 5.32 Å². The van der Waals surface area contributed by atoms with E-state index in [1.807, 2.05) is 6.92 Å². The minimum absolute atomic E-state index is 0.0836. The maximum absolute atomic E-state index is 13.6. The second-order valence-corrected chi connectivity index (χ2v) is 11.8. The van der Waals surface area contributed by atoms with Crippen LogP contribution in [0.15, 0.2) is 95.4 Å². The fraction of sp³-hybridized carbons (Fsp3) is 0.333. The van der Waals surface area contributed by atoms with Gasteiger partial charge in [0, 0.05) is 0 Å². The van der Waals surface area contributed by atoms with Crippen LogP contribution in [0.4, 0.5) is 0 Å². The van der Waals surface area contributed by atoms with E-state index in [0.717, 1.165) is 18.4 Å². The number of hydrogen-bond donors (Lipinski definition) is 2. The number of carboxylic acid groups (broad SMARTS) is 1. The number of unbranched alkanes of at least 4 members (excludes halogenated alkanes) is 1. The molecular weight excluding hydrogens is 502 g/mol. The van der Waals surface area contributed by atoms with Crippen molar-refractivity contribution in [2.24, 2.45) is 0 Å². The number of allylic oxidation sites excluding steroid dienone is 4. The summed E-state index contributed by atoms with van der Waals surface area (Å²) in [6, 6.07) is 14.6. The van der Waals surface area contributed by atoms with Crippen molar-refractivity contribution in [3.8, 4) is 5.75 Å². The van der Waals surface area contributed by atoms with Crippen LogP contribution in [0.5, 0.6) is 5.75 Å². The summed E-state index contributed by atoms with van der Waals surface area (Å²) >= 11 is 0. The third kappa shape index (κ3) is 7.44. The van der Waals surface area contributed by atoms with Crippen molar-refractivity contribution in [2.45, 2.75) is 68.2 Å². The summed E-state index contributed by atoms with van der Waals surface area (Å²) < 4.78 is 32.7. The predicted molar refractivity (Wildman–Crippen MR) is 148 cm³/mol. The normalized spacial score (nSPS) is 16.3. The number of rotatable bonds is 12. The van der Waals surface area contributed by atoms with E-state index in [4.69, 9.17) is 4.74 Å². The van der Waals surface area contributed by atoms with Crippen molar-refractivity contribution >= 4 is 21.7 Å². The van der Waals surface area contributed by atoms with E-state index < -0.39 is 32.7 Å². The first kappa shape index (κ1) is 28.9. The standard InChI is InChI=1S/C30H35NO6S/c1-4-5-15-26(25-14-10-7-11-16-27(25)38(35,36)24-12-8-6-9-13-24)31-28(32)21-22-17-19-23(20-18-22)37-30(2,3)29(33)34/h6-14,16-20,26-27H,4-5,15,21H2,1-3H3,(H,31,32)(H,33,34). The Kier molecular flexibility index (Phi) is 9.69. The van der Waals surface area contributed by atoms with Crippen LogP contribution in [-0.2, 0) is 25.8 Å². The first-order valence-electron chi connectivity index (χ1n) is 12.7. The zero-order chi connectivity index (χ0) is 27.8. The zero-order valence-electron chi connectivity index (χ0n) is 22.0. The molecule has 1 aliphatic carbocycles. The lowest BCUT2D eigenvalue weighted by Crippen LogP contribution is -2.41. The smallest absolute Gasteiger partial charge is 0.347 e. The molecule has 0 heterocycles. The van der Waals surface area contributed by atoms with E-state index in [0.29, 0.717) is 17.7 Å². The Morgan fingerprint density at radius 1 is 1.03 bits per heavy atom. The molecule has 2 N–H and O–H groups in total. The van der Waals surface area contributed by atoms with Gasteiger partial charge in [0.25, 0.3) is 0 Å². The van der Waals surface area contributed by atoms with Crippen LogP contribution in [0.3, 0.4) is 0 Å². The summed E-state index contributed by atoms with van der Waals surface area (Å²) in [6.45, 7) is 4.98. The Bertz CT molecular complexity index is 1310. The molecule has 202 valence electrons. The van der Waals surface area contributed by atoms with E-state index in [-0.39, 0.29) is 17.2 Å². The molecule has 0 saturated heterocycles. The highest BCUT2D eigenvalue weighted by atomic mass is 32.2. The summed E-state index contributed by atoms with van der Waals surface area (Å²) in [5, 5.41) is 11.4. The number of benzene rings is 2. The first-order valence-corrected chi connectivity index (χ1v) is 14.2. The number of sulfone groups is 1. The molecule has 3 rings (SSSR count).